The molecule has 0 unspecified atom stereocenters. The van der Waals surface area contributed by atoms with Crippen LogP contribution in [0.2, 0.25) is 0 Å². The lowest BCUT2D eigenvalue weighted by molar-refractivity contribution is 0.0754. The fraction of sp³-hybridized carbons (Fsp3) is 0.385. The number of benzene rings is 1. The average molecular weight is 458 g/mol. The Labute approximate surface area is 199 Å². The molecule has 1 aromatic carbocycles. The maximum Gasteiger partial charge on any atom is 0.270 e. The first-order valence-electron chi connectivity index (χ1n) is 12.1. The predicted molar refractivity (Wildman–Crippen MR) is 137 cm³/mol. The summed E-state index contributed by atoms with van der Waals surface area (Å²) in [6.07, 6.45) is 8.71. The molecule has 0 saturated carbocycles. The highest BCUT2D eigenvalue weighted by Gasteiger charge is 2.22. The number of H-pyrrole nitrogens is 1. The molecule has 0 atom stereocenters. The Hall–Kier alpha value is -3.52. The molecule has 4 heterocycles. The molecule has 5 rings (SSSR count). The van der Waals surface area contributed by atoms with E-state index in [0.29, 0.717) is 17.7 Å². The third kappa shape index (κ3) is 4.87. The van der Waals surface area contributed by atoms with Gasteiger partial charge in [-0.2, -0.15) is 0 Å². The van der Waals surface area contributed by atoms with Gasteiger partial charge in [0.15, 0.2) is 0 Å². The molecule has 2 aliphatic heterocycles. The van der Waals surface area contributed by atoms with Crippen LogP contribution < -0.4 is 5.32 Å². The molecule has 34 heavy (non-hydrogen) atoms. The Balaban J connectivity index is 1.31. The molecule has 1 fully saturated rings. The van der Waals surface area contributed by atoms with Crippen LogP contribution in [0.5, 0.6) is 0 Å². The van der Waals surface area contributed by atoms with E-state index in [-0.39, 0.29) is 5.91 Å². The minimum atomic E-state index is 0.0636. The van der Waals surface area contributed by atoms with E-state index in [9.17, 15) is 4.79 Å². The Kier molecular flexibility index (Phi) is 6.40. The zero-order valence-electron chi connectivity index (χ0n) is 19.8. The van der Waals surface area contributed by atoms with Crippen molar-refractivity contribution >= 4 is 40.4 Å². The maximum atomic E-state index is 13.2. The summed E-state index contributed by atoms with van der Waals surface area (Å²) in [6, 6.07) is 10.3. The summed E-state index contributed by atoms with van der Waals surface area (Å²) in [5.41, 5.74) is 4.11. The van der Waals surface area contributed by atoms with E-state index in [0.717, 1.165) is 73.4 Å². The Morgan fingerprint density at radius 3 is 2.82 bits per heavy atom. The molecule has 2 N–H and O–H groups in total. The van der Waals surface area contributed by atoms with E-state index in [4.69, 9.17) is 0 Å². The lowest BCUT2D eigenvalue weighted by Crippen LogP contribution is -2.37. The van der Waals surface area contributed by atoms with Gasteiger partial charge in [-0.25, -0.2) is 9.97 Å². The van der Waals surface area contributed by atoms with Crippen molar-refractivity contribution in [2.24, 2.45) is 4.99 Å². The van der Waals surface area contributed by atoms with Crippen LogP contribution >= 0.6 is 0 Å². The molecule has 0 bridgehead atoms. The number of fused-ring (bicyclic) bond motifs is 1. The molecule has 1 amide bonds. The predicted octanol–water partition coefficient (Wildman–Crippen LogP) is 4.46. The monoisotopic (exact) mass is 457 g/mol. The second-order valence-corrected chi connectivity index (χ2v) is 9.13. The zero-order valence-corrected chi connectivity index (χ0v) is 19.8. The van der Waals surface area contributed by atoms with Gasteiger partial charge in [-0.3, -0.25) is 14.7 Å². The highest BCUT2D eigenvalue weighted by atomic mass is 16.2. The van der Waals surface area contributed by atoms with Crippen LogP contribution in [0.1, 0.15) is 49.3 Å². The van der Waals surface area contributed by atoms with E-state index in [1.165, 1.54) is 0 Å². The third-order valence-corrected chi connectivity index (χ3v) is 6.44. The molecule has 1 saturated heterocycles. The lowest BCUT2D eigenvalue weighted by Gasteiger charge is -2.24. The number of allylic oxidation sites excluding steroid dienone is 1. The number of rotatable bonds is 5. The number of nitrogens with one attached hydrogen (secondary N) is 2. The van der Waals surface area contributed by atoms with Crippen molar-refractivity contribution in [1.29, 1.82) is 0 Å². The summed E-state index contributed by atoms with van der Waals surface area (Å²) in [7, 11) is 0. The minimum absolute atomic E-state index is 0.0636. The highest BCUT2D eigenvalue weighted by Crippen LogP contribution is 2.24. The average Bonchev–Trinajstić information content (AvgIpc) is 3.11. The second-order valence-electron chi connectivity index (χ2n) is 9.13. The topological polar surface area (TPSA) is 89.5 Å². The molecule has 0 radical (unpaired) electrons. The molecule has 8 nitrogen and oxygen atoms in total. The van der Waals surface area contributed by atoms with Crippen molar-refractivity contribution in [3.8, 4) is 0 Å². The number of aliphatic imine (C=N–C) groups is 1. The van der Waals surface area contributed by atoms with E-state index in [1.807, 2.05) is 41.4 Å². The summed E-state index contributed by atoms with van der Waals surface area (Å²) in [5.74, 6) is 0.582. The fourth-order valence-corrected chi connectivity index (χ4v) is 4.52. The number of nitrogens with zero attached hydrogens (tertiary/aromatic N) is 5. The number of carbonyl (C=O) groups excluding carboxylic acids is 1. The zero-order chi connectivity index (χ0) is 23.5. The van der Waals surface area contributed by atoms with Crippen molar-refractivity contribution in [1.82, 2.24) is 24.8 Å². The van der Waals surface area contributed by atoms with Crippen LogP contribution in [-0.4, -0.2) is 69.1 Å². The quantitative estimate of drug-likeness (QED) is 0.590. The van der Waals surface area contributed by atoms with Gasteiger partial charge in [0.05, 0.1) is 11.4 Å². The van der Waals surface area contributed by atoms with E-state index in [1.54, 1.807) is 6.20 Å². The minimum Gasteiger partial charge on any atom is -0.351 e. The van der Waals surface area contributed by atoms with Crippen molar-refractivity contribution in [2.45, 2.75) is 39.2 Å². The van der Waals surface area contributed by atoms with Gasteiger partial charge >= 0.3 is 0 Å². The maximum absolute atomic E-state index is 13.2. The van der Waals surface area contributed by atoms with Gasteiger partial charge in [0.25, 0.3) is 5.91 Å². The third-order valence-electron chi connectivity index (χ3n) is 6.44. The molecular weight excluding hydrogens is 426 g/mol. The number of hydrogen-bond acceptors (Lipinski definition) is 6. The summed E-state index contributed by atoms with van der Waals surface area (Å²) in [5, 5.41) is 4.26. The number of hydrogen-bond donors (Lipinski definition) is 2. The highest BCUT2D eigenvalue weighted by molar-refractivity contribution is 5.98. The van der Waals surface area contributed by atoms with Crippen LogP contribution in [0, 0.1) is 0 Å². The van der Waals surface area contributed by atoms with Crippen molar-refractivity contribution < 1.29 is 4.79 Å². The van der Waals surface area contributed by atoms with Crippen LogP contribution in [0.4, 0.5) is 11.6 Å². The first kappa shape index (κ1) is 22.3. The summed E-state index contributed by atoms with van der Waals surface area (Å²) in [4.78, 5) is 34.3. The van der Waals surface area contributed by atoms with Gasteiger partial charge < -0.3 is 15.2 Å². The molecule has 0 spiro atoms. The lowest BCUT2D eigenvalue weighted by atomic mass is 10.2. The smallest absolute Gasteiger partial charge is 0.270 e. The van der Waals surface area contributed by atoms with Crippen LogP contribution in [0.15, 0.2) is 47.6 Å². The molecule has 3 aromatic rings. The van der Waals surface area contributed by atoms with E-state index in [2.05, 4.69) is 50.1 Å². The van der Waals surface area contributed by atoms with Gasteiger partial charge in [-0.15, -0.1) is 0 Å². The fourth-order valence-electron chi connectivity index (χ4n) is 4.52. The summed E-state index contributed by atoms with van der Waals surface area (Å²) in [6.45, 7) is 7.92. The molecular formula is C26H31N7O. The number of aromatic nitrogens is 3. The Morgan fingerprint density at radius 1 is 1.09 bits per heavy atom. The molecule has 176 valence electrons. The largest absolute Gasteiger partial charge is 0.351 e. The number of carbonyl (C=O) groups is 1. The first-order valence-corrected chi connectivity index (χ1v) is 12.1. The van der Waals surface area contributed by atoms with Crippen LogP contribution in [0.3, 0.4) is 0 Å². The second kappa shape index (κ2) is 9.77. The SMILES string of the molecule is CC(C)N1CCCN(C(=O)c2cc3cc(Nc4nccc(C5=CCCC=N5)n4)ccc3[nH]2)CC1. The van der Waals surface area contributed by atoms with Gasteiger partial charge in [-0.1, -0.05) is 6.08 Å². The first-order chi connectivity index (χ1) is 16.6. The standard InChI is InChI=1S/C26H31N7O/c1-18(2)32-12-5-13-33(15-14-32)25(34)24-17-19-16-20(7-8-21(19)30-24)29-26-28-11-9-23(31-26)22-6-3-4-10-27-22/h6-11,16-18,30H,3-5,12-15H2,1-2H3,(H,28,29,31). The van der Waals surface area contributed by atoms with Crippen LogP contribution in [0.25, 0.3) is 16.6 Å². The van der Waals surface area contributed by atoms with E-state index < -0.39 is 0 Å². The Morgan fingerprint density at radius 2 is 2.00 bits per heavy atom. The molecule has 2 aliphatic rings. The van der Waals surface area contributed by atoms with E-state index >= 15 is 0 Å². The Bertz CT molecular complexity index is 1240. The molecule has 2 aromatic heterocycles. The van der Waals surface area contributed by atoms with Gasteiger partial charge in [0.2, 0.25) is 5.95 Å². The number of amides is 1. The molecule has 8 heteroatoms. The summed E-state index contributed by atoms with van der Waals surface area (Å²) < 4.78 is 0. The summed E-state index contributed by atoms with van der Waals surface area (Å²) >= 11 is 0. The van der Waals surface area contributed by atoms with Gasteiger partial charge in [0, 0.05) is 61.2 Å². The van der Waals surface area contributed by atoms with Crippen molar-refractivity contribution in [2.75, 3.05) is 31.5 Å². The number of aromatic amines is 1. The van der Waals surface area contributed by atoms with Crippen molar-refractivity contribution in [3.05, 3.63) is 54.0 Å². The van der Waals surface area contributed by atoms with Gasteiger partial charge in [-0.05, 0) is 63.4 Å². The number of anilines is 2. The molecule has 0 aliphatic carbocycles. The normalized spacial score (nSPS) is 17.1. The van der Waals surface area contributed by atoms with Crippen LogP contribution in [-0.2, 0) is 0 Å². The van der Waals surface area contributed by atoms with Crippen molar-refractivity contribution in [3.63, 3.8) is 0 Å². The van der Waals surface area contributed by atoms with Gasteiger partial charge in [0.1, 0.15) is 5.69 Å².